The van der Waals surface area contributed by atoms with Gasteiger partial charge in [-0.05, 0) is 37.3 Å². The molecule has 0 heterocycles. The third kappa shape index (κ3) is 4.28. The molecule has 23 heavy (non-hydrogen) atoms. The van der Waals surface area contributed by atoms with E-state index in [2.05, 4.69) is 5.32 Å². The van der Waals surface area contributed by atoms with Crippen molar-refractivity contribution in [2.45, 2.75) is 31.7 Å². The molecule has 1 aliphatic rings. The standard InChI is InChI=1S/C17H26N2O4/c1-21-14-8-12(9-15(22-2)16(14)23-3)17(20)19-10-11-5-4-6-13(18)7-11/h8-9,11,13H,4-7,10,18H2,1-3H3,(H,19,20). The number of benzene rings is 1. The molecule has 0 radical (unpaired) electrons. The summed E-state index contributed by atoms with van der Waals surface area (Å²) in [7, 11) is 4.59. The van der Waals surface area contributed by atoms with Crippen LogP contribution in [-0.4, -0.2) is 39.8 Å². The van der Waals surface area contributed by atoms with Crippen LogP contribution in [0.2, 0.25) is 0 Å². The Balaban J connectivity index is 2.06. The zero-order valence-electron chi connectivity index (χ0n) is 14.1. The zero-order valence-corrected chi connectivity index (χ0v) is 14.1. The van der Waals surface area contributed by atoms with Crippen molar-refractivity contribution in [3.05, 3.63) is 17.7 Å². The molecule has 6 heteroatoms. The van der Waals surface area contributed by atoms with E-state index in [1.807, 2.05) is 0 Å². The molecule has 1 aliphatic carbocycles. The summed E-state index contributed by atoms with van der Waals surface area (Å²) in [6.45, 7) is 0.642. The van der Waals surface area contributed by atoms with Gasteiger partial charge in [0.2, 0.25) is 5.75 Å². The molecule has 0 spiro atoms. The number of methoxy groups -OCH3 is 3. The second-order valence-corrected chi connectivity index (χ2v) is 5.92. The molecule has 128 valence electrons. The highest BCUT2D eigenvalue weighted by Crippen LogP contribution is 2.38. The Kier molecular flexibility index (Phi) is 6.10. The van der Waals surface area contributed by atoms with E-state index < -0.39 is 0 Å². The van der Waals surface area contributed by atoms with Gasteiger partial charge in [0.05, 0.1) is 21.3 Å². The highest BCUT2D eigenvalue weighted by molar-refractivity contribution is 5.95. The lowest BCUT2D eigenvalue weighted by atomic mass is 9.86. The van der Waals surface area contributed by atoms with Crippen LogP contribution in [0.3, 0.4) is 0 Å². The van der Waals surface area contributed by atoms with Crippen molar-refractivity contribution >= 4 is 5.91 Å². The maximum absolute atomic E-state index is 12.4. The molecule has 6 nitrogen and oxygen atoms in total. The fourth-order valence-electron chi connectivity index (χ4n) is 3.07. The van der Waals surface area contributed by atoms with Crippen molar-refractivity contribution in [2.75, 3.05) is 27.9 Å². The average molecular weight is 322 g/mol. The van der Waals surface area contributed by atoms with Crippen LogP contribution in [-0.2, 0) is 0 Å². The topological polar surface area (TPSA) is 82.8 Å². The predicted molar refractivity (Wildman–Crippen MR) is 88.4 cm³/mol. The first-order chi connectivity index (χ1) is 11.1. The summed E-state index contributed by atoms with van der Waals surface area (Å²) in [5.41, 5.74) is 6.48. The summed E-state index contributed by atoms with van der Waals surface area (Å²) in [5.74, 6) is 1.71. The Morgan fingerprint density at radius 2 is 1.83 bits per heavy atom. The third-order valence-electron chi connectivity index (χ3n) is 4.30. The minimum atomic E-state index is -0.150. The molecule has 1 fully saturated rings. The highest BCUT2D eigenvalue weighted by atomic mass is 16.5. The summed E-state index contributed by atoms with van der Waals surface area (Å²) in [5, 5.41) is 2.98. The van der Waals surface area contributed by atoms with Crippen molar-refractivity contribution in [3.8, 4) is 17.2 Å². The summed E-state index contributed by atoms with van der Waals surface area (Å²) < 4.78 is 15.8. The van der Waals surface area contributed by atoms with Crippen molar-refractivity contribution in [1.82, 2.24) is 5.32 Å². The largest absolute Gasteiger partial charge is 0.493 e. The Morgan fingerprint density at radius 3 is 2.35 bits per heavy atom. The monoisotopic (exact) mass is 322 g/mol. The molecule has 1 aromatic carbocycles. The van der Waals surface area contributed by atoms with Crippen LogP contribution >= 0.6 is 0 Å². The first-order valence-electron chi connectivity index (χ1n) is 7.92. The summed E-state index contributed by atoms with van der Waals surface area (Å²) >= 11 is 0. The summed E-state index contributed by atoms with van der Waals surface area (Å²) in [4.78, 5) is 12.4. The number of rotatable bonds is 6. The molecule has 2 rings (SSSR count). The first-order valence-corrected chi connectivity index (χ1v) is 7.92. The number of nitrogens with one attached hydrogen (secondary N) is 1. The Bertz CT molecular complexity index is 522. The number of hydrogen-bond donors (Lipinski definition) is 2. The van der Waals surface area contributed by atoms with Gasteiger partial charge in [0.25, 0.3) is 5.91 Å². The van der Waals surface area contributed by atoms with E-state index in [9.17, 15) is 4.79 Å². The van der Waals surface area contributed by atoms with E-state index in [0.29, 0.717) is 35.3 Å². The Hall–Kier alpha value is -1.95. The number of ether oxygens (including phenoxy) is 3. The lowest BCUT2D eigenvalue weighted by Gasteiger charge is -2.26. The van der Waals surface area contributed by atoms with Gasteiger partial charge < -0.3 is 25.3 Å². The molecule has 0 saturated heterocycles. The fourth-order valence-corrected chi connectivity index (χ4v) is 3.07. The van der Waals surface area contributed by atoms with E-state index in [1.54, 1.807) is 12.1 Å². The molecular weight excluding hydrogens is 296 g/mol. The van der Waals surface area contributed by atoms with Gasteiger partial charge in [0, 0.05) is 18.2 Å². The van der Waals surface area contributed by atoms with Crippen molar-refractivity contribution < 1.29 is 19.0 Å². The lowest BCUT2D eigenvalue weighted by Crippen LogP contribution is -2.35. The van der Waals surface area contributed by atoms with Crippen molar-refractivity contribution in [1.29, 1.82) is 0 Å². The number of hydrogen-bond acceptors (Lipinski definition) is 5. The number of nitrogens with two attached hydrogens (primary N) is 1. The minimum Gasteiger partial charge on any atom is -0.493 e. The van der Waals surface area contributed by atoms with Crippen LogP contribution in [0.1, 0.15) is 36.0 Å². The van der Waals surface area contributed by atoms with E-state index in [0.717, 1.165) is 25.7 Å². The van der Waals surface area contributed by atoms with Crippen LogP contribution in [0, 0.1) is 5.92 Å². The van der Waals surface area contributed by atoms with Crippen molar-refractivity contribution in [3.63, 3.8) is 0 Å². The van der Waals surface area contributed by atoms with E-state index >= 15 is 0 Å². The molecule has 0 aliphatic heterocycles. The van der Waals surface area contributed by atoms with E-state index in [1.165, 1.54) is 21.3 Å². The van der Waals surface area contributed by atoms with Crippen LogP contribution < -0.4 is 25.3 Å². The molecule has 3 N–H and O–H groups in total. The molecule has 1 aromatic rings. The number of amides is 1. The van der Waals surface area contributed by atoms with Gasteiger partial charge >= 0.3 is 0 Å². The van der Waals surface area contributed by atoms with E-state index in [-0.39, 0.29) is 11.9 Å². The smallest absolute Gasteiger partial charge is 0.251 e. The molecule has 0 aromatic heterocycles. The molecule has 2 unspecified atom stereocenters. The molecular formula is C17H26N2O4. The van der Waals surface area contributed by atoms with E-state index in [4.69, 9.17) is 19.9 Å². The normalized spacial score (nSPS) is 20.7. The maximum Gasteiger partial charge on any atom is 0.251 e. The third-order valence-corrected chi connectivity index (χ3v) is 4.30. The van der Waals surface area contributed by atoms with Crippen molar-refractivity contribution in [2.24, 2.45) is 11.7 Å². The summed E-state index contributed by atoms with van der Waals surface area (Å²) in [6.07, 6.45) is 4.29. The zero-order chi connectivity index (χ0) is 16.8. The van der Waals surface area contributed by atoms with Gasteiger partial charge in [-0.2, -0.15) is 0 Å². The second-order valence-electron chi connectivity index (χ2n) is 5.92. The highest BCUT2D eigenvalue weighted by Gasteiger charge is 2.21. The average Bonchev–Trinajstić information content (AvgIpc) is 2.58. The van der Waals surface area contributed by atoms with Crippen LogP contribution in [0.25, 0.3) is 0 Å². The summed E-state index contributed by atoms with van der Waals surface area (Å²) in [6, 6.07) is 3.57. The van der Waals surface area contributed by atoms with Gasteiger partial charge in [-0.3, -0.25) is 4.79 Å². The quantitative estimate of drug-likeness (QED) is 0.836. The molecule has 0 bridgehead atoms. The Labute approximate surface area is 137 Å². The molecule has 1 saturated carbocycles. The van der Waals surface area contributed by atoms with Gasteiger partial charge in [-0.25, -0.2) is 0 Å². The fraction of sp³-hybridized carbons (Fsp3) is 0.588. The Morgan fingerprint density at radius 1 is 1.17 bits per heavy atom. The van der Waals surface area contributed by atoms with Crippen LogP contribution in [0.4, 0.5) is 0 Å². The first kappa shape index (κ1) is 17.4. The maximum atomic E-state index is 12.4. The van der Waals surface area contributed by atoms with Gasteiger partial charge in [0.1, 0.15) is 0 Å². The predicted octanol–water partition coefficient (Wildman–Crippen LogP) is 1.96. The second kappa shape index (κ2) is 8.06. The van der Waals surface area contributed by atoms with Gasteiger partial charge in [-0.15, -0.1) is 0 Å². The number of carbonyl (C=O) groups excluding carboxylic acids is 1. The minimum absolute atomic E-state index is 0.150. The lowest BCUT2D eigenvalue weighted by molar-refractivity contribution is 0.0941. The molecule has 2 atom stereocenters. The SMILES string of the molecule is COc1cc(C(=O)NCC2CCCC(N)C2)cc(OC)c1OC. The van der Waals surface area contributed by atoms with Gasteiger partial charge in [-0.1, -0.05) is 6.42 Å². The van der Waals surface area contributed by atoms with Gasteiger partial charge in [0.15, 0.2) is 11.5 Å². The number of carbonyl (C=O) groups is 1. The van der Waals surface area contributed by atoms with Crippen LogP contribution in [0.15, 0.2) is 12.1 Å². The molecule has 1 amide bonds. The van der Waals surface area contributed by atoms with Crippen LogP contribution in [0.5, 0.6) is 17.2 Å².